The van der Waals surface area contributed by atoms with Gasteiger partial charge in [0.2, 0.25) is 10.0 Å². The second kappa shape index (κ2) is 7.65. The van der Waals surface area contributed by atoms with Crippen molar-refractivity contribution < 1.29 is 26.7 Å². The van der Waals surface area contributed by atoms with Gasteiger partial charge in [0.1, 0.15) is 6.61 Å². The van der Waals surface area contributed by atoms with Gasteiger partial charge in [0, 0.05) is 25.6 Å². The van der Waals surface area contributed by atoms with Gasteiger partial charge in [-0.2, -0.15) is 0 Å². The van der Waals surface area contributed by atoms with E-state index in [9.17, 15) is 22.0 Å². The van der Waals surface area contributed by atoms with E-state index in [-0.39, 0.29) is 19.7 Å². The lowest BCUT2D eigenvalue weighted by Gasteiger charge is -2.41. The molecular weight excluding hydrogens is 354 g/mol. The van der Waals surface area contributed by atoms with Crippen LogP contribution in [0, 0.1) is 11.8 Å². The van der Waals surface area contributed by atoms with Gasteiger partial charge in [-0.25, -0.2) is 26.7 Å². The minimum absolute atomic E-state index is 0.0488. The molecule has 0 saturated carbocycles. The Morgan fingerprint density at radius 2 is 1.96 bits per heavy atom. The van der Waals surface area contributed by atoms with Crippen LogP contribution in [-0.4, -0.2) is 51.2 Å². The summed E-state index contributed by atoms with van der Waals surface area (Å²) in [7, 11) is -3.59. The van der Waals surface area contributed by atoms with Crippen molar-refractivity contribution in [3.8, 4) is 0 Å². The van der Waals surface area contributed by atoms with Crippen molar-refractivity contribution in [3.05, 3.63) is 35.9 Å². The SMILES string of the molecule is CC1CN(C(=O)OCc2ccccc2)C[C@@H](CNS(C)(=O)=O)C1(F)F. The summed E-state index contributed by atoms with van der Waals surface area (Å²) in [6, 6.07) is 9.02. The molecule has 2 rings (SSSR count). The molecule has 0 radical (unpaired) electrons. The molecule has 140 valence electrons. The van der Waals surface area contributed by atoms with E-state index in [0.29, 0.717) is 0 Å². The molecular formula is C16H22F2N2O4S. The topological polar surface area (TPSA) is 75.7 Å². The quantitative estimate of drug-likeness (QED) is 0.854. The second-order valence-electron chi connectivity index (χ2n) is 6.34. The first-order chi connectivity index (χ1) is 11.6. The Labute approximate surface area is 146 Å². The van der Waals surface area contributed by atoms with Crippen LogP contribution in [-0.2, 0) is 21.4 Å². The minimum Gasteiger partial charge on any atom is -0.445 e. The average Bonchev–Trinajstić information content (AvgIpc) is 2.54. The number of amides is 1. The highest BCUT2D eigenvalue weighted by Gasteiger charge is 2.50. The molecule has 6 nitrogen and oxygen atoms in total. The molecule has 2 atom stereocenters. The second-order valence-corrected chi connectivity index (χ2v) is 8.17. The number of halogens is 2. The van der Waals surface area contributed by atoms with Crippen LogP contribution in [0.5, 0.6) is 0 Å². The fourth-order valence-electron chi connectivity index (χ4n) is 2.73. The normalized spacial score (nSPS) is 23.3. The fourth-order valence-corrected chi connectivity index (χ4v) is 3.23. The van der Waals surface area contributed by atoms with Crippen molar-refractivity contribution in [1.29, 1.82) is 0 Å². The van der Waals surface area contributed by atoms with Crippen molar-refractivity contribution in [2.75, 3.05) is 25.9 Å². The third-order valence-electron chi connectivity index (χ3n) is 4.19. The van der Waals surface area contributed by atoms with Crippen LogP contribution in [0.1, 0.15) is 12.5 Å². The van der Waals surface area contributed by atoms with Gasteiger partial charge in [0.05, 0.1) is 12.2 Å². The van der Waals surface area contributed by atoms with Gasteiger partial charge >= 0.3 is 6.09 Å². The molecule has 0 bridgehead atoms. The number of benzene rings is 1. The molecule has 0 spiro atoms. The highest BCUT2D eigenvalue weighted by Crippen LogP contribution is 2.37. The smallest absolute Gasteiger partial charge is 0.410 e. The Bertz CT molecular complexity index is 697. The number of ether oxygens (including phenoxy) is 1. The number of rotatable bonds is 5. The van der Waals surface area contributed by atoms with Gasteiger partial charge in [0.25, 0.3) is 5.92 Å². The Morgan fingerprint density at radius 3 is 2.56 bits per heavy atom. The number of sulfonamides is 1. The van der Waals surface area contributed by atoms with E-state index < -0.39 is 40.4 Å². The first kappa shape index (κ1) is 19.6. The molecule has 1 heterocycles. The predicted molar refractivity (Wildman–Crippen MR) is 88.6 cm³/mol. The van der Waals surface area contributed by atoms with Crippen LogP contribution in [0.25, 0.3) is 0 Å². The number of hydrogen-bond acceptors (Lipinski definition) is 4. The number of nitrogens with zero attached hydrogens (tertiary/aromatic N) is 1. The third kappa shape index (κ3) is 5.37. The van der Waals surface area contributed by atoms with E-state index in [1.54, 1.807) is 24.3 Å². The van der Waals surface area contributed by atoms with E-state index in [1.807, 2.05) is 6.07 Å². The van der Waals surface area contributed by atoms with Crippen LogP contribution >= 0.6 is 0 Å². The molecule has 9 heteroatoms. The van der Waals surface area contributed by atoms with Crippen LogP contribution in [0.4, 0.5) is 13.6 Å². The maximum Gasteiger partial charge on any atom is 0.410 e. The summed E-state index contributed by atoms with van der Waals surface area (Å²) >= 11 is 0. The van der Waals surface area contributed by atoms with Crippen molar-refractivity contribution in [2.24, 2.45) is 11.8 Å². The summed E-state index contributed by atoms with van der Waals surface area (Å²) in [5, 5.41) is 0. The van der Waals surface area contributed by atoms with Crippen molar-refractivity contribution in [1.82, 2.24) is 9.62 Å². The van der Waals surface area contributed by atoms with Crippen molar-refractivity contribution in [3.63, 3.8) is 0 Å². The Hall–Kier alpha value is -1.74. The van der Waals surface area contributed by atoms with Gasteiger partial charge in [-0.05, 0) is 5.56 Å². The molecule has 1 aromatic rings. The molecule has 0 aromatic heterocycles. The summed E-state index contributed by atoms with van der Waals surface area (Å²) in [4.78, 5) is 13.4. The molecule has 1 aliphatic heterocycles. The number of hydrogen-bond donors (Lipinski definition) is 1. The Morgan fingerprint density at radius 1 is 1.32 bits per heavy atom. The van der Waals surface area contributed by atoms with E-state index in [1.165, 1.54) is 11.8 Å². The standard InChI is InChI=1S/C16H22F2N2O4S/c1-12-9-20(15(21)24-11-13-6-4-3-5-7-13)10-14(16(12,17)18)8-19-25(2,22)23/h3-7,12,14,19H,8-11H2,1-2H3/t12?,14-/m1/s1. The first-order valence-corrected chi connectivity index (χ1v) is 9.77. The average molecular weight is 376 g/mol. The lowest BCUT2D eigenvalue weighted by atomic mass is 9.86. The van der Waals surface area contributed by atoms with Crippen LogP contribution in [0.3, 0.4) is 0 Å². The van der Waals surface area contributed by atoms with E-state index in [0.717, 1.165) is 11.8 Å². The Balaban J connectivity index is 1.99. The maximum absolute atomic E-state index is 14.3. The number of nitrogens with one attached hydrogen (secondary N) is 1. The lowest BCUT2D eigenvalue weighted by Crippen LogP contribution is -2.57. The summed E-state index contributed by atoms with van der Waals surface area (Å²) in [5.74, 6) is -5.49. The highest BCUT2D eigenvalue weighted by molar-refractivity contribution is 7.88. The van der Waals surface area contributed by atoms with E-state index in [2.05, 4.69) is 4.72 Å². The summed E-state index contributed by atoms with van der Waals surface area (Å²) in [6.07, 6.45) is 0.221. The van der Waals surface area contributed by atoms with Crippen LogP contribution < -0.4 is 4.72 Å². The summed E-state index contributed by atoms with van der Waals surface area (Å²) < 4.78 is 58.3. The zero-order chi connectivity index (χ0) is 18.7. The maximum atomic E-state index is 14.3. The largest absolute Gasteiger partial charge is 0.445 e. The molecule has 1 aromatic carbocycles. The molecule has 1 aliphatic rings. The number of carbonyl (C=O) groups excluding carboxylic acids is 1. The third-order valence-corrected chi connectivity index (χ3v) is 4.88. The molecule has 1 fully saturated rings. The monoisotopic (exact) mass is 376 g/mol. The predicted octanol–water partition coefficient (Wildman–Crippen LogP) is 2.08. The highest BCUT2D eigenvalue weighted by atomic mass is 32.2. The van der Waals surface area contributed by atoms with E-state index in [4.69, 9.17) is 4.74 Å². The zero-order valence-corrected chi connectivity index (χ0v) is 14.9. The number of piperidine rings is 1. The number of carbonyl (C=O) groups is 1. The molecule has 1 saturated heterocycles. The van der Waals surface area contributed by atoms with Gasteiger partial charge in [0.15, 0.2) is 0 Å². The zero-order valence-electron chi connectivity index (χ0n) is 14.1. The van der Waals surface area contributed by atoms with Gasteiger partial charge in [-0.15, -0.1) is 0 Å². The number of likely N-dealkylation sites (tertiary alicyclic amines) is 1. The molecule has 1 unspecified atom stereocenters. The van der Waals surface area contributed by atoms with Gasteiger partial charge in [-0.1, -0.05) is 37.3 Å². The fraction of sp³-hybridized carbons (Fsp3) is 0.562. The van der Waals surface area contributed by atoms with Crippen LogP contribution in [0.2, 0.25) is 0 Å². The van der Waals surface area contributed by atoms with E-state index >= 15 is 0 Å². The van der Waals surface area contributed by atoms with Crippen molar-refractivity contribution in [2.45, 2.75) is 19.5 Å². The number of alkyl halides is 2. The first-order valence-electron chi connectivity index (χ1n) is 7.87. The molecule has 25 heavy (non-hydrogen) atoms. The molecule has 0 aliphatic carbocycles. The van der Waals surface area contributed by atoms with Gasteiger partial charge in [-0.3, -0.25) is 0 Å². The lowest BCUT2D eigenvalue weighted by molar-refractivity contribution is -0.138. The van der Waals surface area contributed by atoms with Crippen molar-refractivity contribution >= 4 is 16.1 Å². The molecule has 1 amide bonds. The van der Waals surface area contributed by atoms with Gasteiger partial charge < -0.3 is 9.64 Å². The molecule has 1 N–H and O–H groups in total. The van der Waals surface area contributed by atoms with Crippen LogP contribution in [0.15, 0.2) is 30.3 Å². The Kier molecular flexibility index (Phi) is 5.99. The summed E-state index contributed by atoms with van der Waals surface area (Å²) in [5.41, 5.74) is 0.793. The summed E-state index contributed by atoms with van der Waals surface area (Å²) in [6.45, 7) is 0.541. The minimum atomic E-state index is -3.59.